The van der Waals surface area contributed by atoms with E-state index in [9.17, 15) is 20.2 Å². The van der Waals surface area contributed by atoms with Gasteiger partial charge in [-0.25, -0.2) is 0 Å². The smallest absolute Gasteiger partial charge is 0.296 e. The molecular weight excluding hydrogens is 376 g/mol. The summed E-state index contributed by atoms with van der Waals surface area (Å²) in [6.07, 6.45) is 0. The molecule has 0 radical (unpaired) electrons. The van der Waals surface area contributed by atoms with E-state index in [4.69, 9.17) is 21.7 Å². The van der Waals surface area contributed by atoms with E-state index in [1.165, 1.54) is 37.4 Å². The summed E-state index contributed by atoms with van der Waals surface area (Å²) in [7, 11) is 1.36. The third kappa shape index (κ3) is 5.01. The van der Waals surface area contributed by atoms with Crippen LogP contribution >= 0.6 is 12.2 Å². The Morgan fingerprint density at radius 2 is 1.74 bits per heavy atom. The van der Waals surface area contributed by atoms with Gasteiger partial charge in [-0.15, -0.1) is 0 Å². The average molecular weight is 392 g/mol. The molecule has 0 saturated heterocycles. The molecule has 10 nitrogen and oxygen atoms in total. The third-order valence-corrected chi connectivity index (χ3v) is 3.57. The monoisotopic (exact) mass is 392 g/mol. The number of anilines is 2. The van der Waals surface area contributed by atoms with Crippen molar-refractivity contribution in [1.29, 1.82) is 0 Å². The molecule has 0 saturated carbocycles. The second kappa shape index (κ2) is 8.76. The van der Waals surface area contributed by atoms with Gasteiger partial charge >= 0.3 is 0 Å². The zero-order valence-corrected chi connectivity index (χ0v) is 15.2. The Balaban J connectivity index is 2.21. The van der Waals surface area contributed by atoms with Crippen molar-refractivity contribution in [2.24, 2.45) is 0 Å². The van der Waals surface area contributed by atoms with Crippen LogP contribution in [0.5, 0.6) is 11.5 Å². The number of hydrogen-bond donors (Lipinski definition) is 2. The van der Waals surface area contributed by atoms with Gasteiger partial charge in [0.1, 0.15) is 17.2 Å². The Hall–Kier alpha value is -3.47. The van der Waals surface area contributed by atoms with Gasteiger partial charge in [0, 0.05) is 6.07 Å². The first kappa shape index (κ1) is 19.8. The number of nitrogens with one attached hydrogen (secondary N) is 2. The molecule has 2 aromatic carbocycles. The molecule has 0 amide bonds. The lowest BCUT2D eigenvalue weighted by molar-refractivity contribution is -0.384. The highest BCUT2D eigenvalue weighted by Gasteiger charge is 2.17. The zero-order valence-electron chi connectivity index (χ0n) is 14.4. The standard InChI is InChI=1S/C16H16N4O6S/c1-3-26-11-5-7-12(14(9-11)20(23)24)17-16(27)18-13-6-4-10(19(21)22)8-15(13)25-2/h4-9H,3H2,1-2H3,(H2,17,18,27). The van der Waals surface area contributed by atoms with Crippen LogP contribution in [0.15, 0.2) is 36.4 Å². The van der Waals surface area contributed by atoms with Crippen molar-refractivity contribution in [1.82, 2.24) is 0 Å². The Morgan fingerprint density at radius 1 is 1.07 bits per heavy atom. The van der Waals surface area contributed by atoms with E-state index in [0.717, 1.165) is 0 Å². The molecule has 0 unspecified atom stereocenters. The molecule has 0 aliphatic rings. The average Bonchev–Trinajstić information content (AvgIpc) is 2.63. The summed E-state index contributed by atoms with van der Waals surface area (Å²) in [4.78, 5) is 21.0. The Kier molecular flexibility index (Phi) is 6.44. The summed E-state index contributed by atoms with van der Waals surface area (Å²) in [6.45, 7) is 2.15. The minimum atomic E-state index is -0.556. The number of ether oxygens (including phenoxy) is 2. The number of benzene rings is 2. The minimum Gasteiger partial charge on any atom is -0.494 e. The van der Waals surface area contributed by atoms with Gasteiger partial charge in [-0.3, -0.25) is 20.2 Å². The molecule has 0 bridgehead atoms. The number of nitro groups is 2. The maximum absolute atomic E-state index is 11.3. The lowest BCUT2D eigenvalue weighted by Gasteiger charge is -2.14. The molecule has 0 spiro atoms. The van der Waals surface area contributed by atoms with Crippen molar-refractivity contribution in [3.05, 3.63) is 56.6 Å². The maximum Gasteiger partial charge on any atom is 0.296 e. The molecule has 0 heterocycles. The molecule has 2 N–H and O–H groups in total. The van der Waals surface area contributed by atoms with Gasteiger partial charge in [0.2, 0.25) is 0 Å². The number of non-ortho nitro benzene ring substituents is 1. The second-order valence-electron chi connectivity index (χ2n) is 5.09. The van der Waals surface area contributed by atoms with E-state index in [0.29, 0.717) is 18.0 Å². The fourth-order valence-corrected chi connectivity index (χ4v) is 2.42. The number of methoxy groups -OCH3 is 1. The van der Waals surface area contributed by atoms with Crippen LogP contribution in [0.1, 0.15) is 6.92 Å². The van der Waals surface area contributed by atoms with Crippen LogP contribution in [0.3, 0.4) is 0 Å². The first-order valence-electron chi connectivity index (χ1n) is 7.67. The van der Waals surface area contributed by atoms with E-state index in [1.807, 2.05) is 0 Å². The molecule has 2 aromatic rings. The molecule has 0 atom stereocenters. The Bertz CT molecular complexity index is 889. The van der Waals surface area contributed by atoms with Crippen LogP contribution in [0.25, 0.3) is 0 Å². The predicted molar refractivity (Wildman–Crippen MR) is 104 cm³/mol. The van der Waals surface area contributed by atoms with Crippen LogP contribution in [0, 0.1) is 20.2 Å². The third-order valence-electron chi connectivity index (χ3n) is 3.37. The van der Waals surface area contributed by atoms with Gasteiger partial charge in [-0.2, -0.15) is 0 Å². The number of thiocarbonyl (C=S) groups is 1. The fraction of sp³-hybridized carbons (Fsp3) is 0.188. The quantitative estimate of drug-likeness (QED) is 0.411. The van der Waals surface area contributed by atoms with Gasteiger partial charge < -0.3 is 20.1 Å². The lowest BCUT2D eigenvalue weighted by atomic mass is 10.2. The lowest BCUT2D eigenvalue weighted by Crippen LogP contribution is -2.20. The summed E-state index contributed by atoms with van der Waals surface area (Å²) in [5.41, 5.74) is 0.190. The SMILES string of the molecule is CCOc1ccc(NC(=S)Nc2ccc([N+](=O)[O-])cc2OC)c([N+](=O)[O-])c1. The molecule has 0 aromatic heterocycles. The molecule has 0 aliphatic heterocycles. The first-order valence-corrected chi connectivity index (χ1v) is 8.08. The van der Waals surface area contributed by atoms with Gasteiger partial charge in [-0.1, -0.05) is 0 Å². The molecule has 2 rings (SSSR count). The molecule has 11 heteroatoms. The highest BCUT2D eigenvalue weighted by Crippen LogP contribution is 2.31. The topological polar surface area (TPSA) is 129 Å². The van der Waals surface area contributed by atoms with Crippen LogP contribution in [-0.2, 0) is 0 Å². The Morgan fingerprint density at radius 3 is 2.33 bits per heavy atom. The molecule has 27 heavy (non-hydrogen) atoms. The van der Waals surface area contributed by atoms with Crippen molar-refractivity contribution in [3.63, 3.8) is 0 Å². The predicted octanol–water partition coefficient (Wildman–Crippen LogP) is 3.72. The molecule has 0 fully saturated rings. The molecular formula is C16H16N4O6S. The summed E-state index contributed by atoms with van der Waals surface area (Å²) >= 11 is 5.17. The van der Waals surface area contributed by atoms with Crippen molar-refractivity contribution in [2.45, 2.75) is 6.92 Å². The van der Waals surface area contributed by atoms with Crippen molar-refractivity contribution in [2.75, 3.05) is 24.4 Å². The summed E-state index contributed by atoms with van der Waals surface area (Å²) < 4.78 is 10.4. The van der Waals surface area contributed by atoms with Crippen LogP contribution in [-0.4, -0.2) is 28.7 Å². The fourth-order valence-electron chi connectivity index (χ4n) is 2.20. The summed E-state index contributed by atoms with van der Waals surface area (Å²) in [6, 6.07) is 8.30. The number of nitro benzene ring substituents is 2. The van der Waals surface area contributed by atoms with Gasteiger partial charge in [-0.05, 0) is 37.3 Å². The van der Waals surface area contributed by atoms with Crippen LogP contribution < -0.4 is 20.1 Å². The largest absolute Gasteiger partial charge is 0.494 e. The molecule has 0 aliphatic carbocycles. The highest BCUT2D eigenvalue weighted by molar-refractivity contribution is 7.80. The summed E-state index contributed by atoms with van der Waals surface area (Å²) in [5, 5.41) is 27.7. The van der Waals surface area contributed by atoms with Crippen LogP contribution in [0.2, 0.25) is 0 Å². The normalized spacial score (nSPS) is 10.0. The number of rotatable bonds is 7. The minimum absolute atomic E-state index is 0.0504. The van der Waals surface area contributed by atoms with E-state index in [1.54, 1.807) is 13.0 Å². The van der Waals surface area contributed by atoms with Gasteiger partial charge in [0.05, 0.1) is 41.4 Å². The van der Waals surface area contributed by atoms with Crippen molar-refractivity contribution >= 4 is 40.1 Å². The maximum atomic E-state index is 11.3. The van der Waals surface area contributed by atoms with E-state index < -0.39 is 9.85 Å². The van der Waals surface area contributed by atoms with E-state index in [-0.39, 0.29) is 27.9 Å². The van der Waals surface area contributed by atoms with Crippen molar-refractivity contribution < 1.29 is 19.3 Å². The molecule has 142 valence electrons. The highest BCUT2D eigenvalue weighted by atomic mass is 32.1. The second-order valence-corrected chi connectivity index (χ2v) is 5.50. The van der Waals surface area contributed by atoms with E-state index in [2.05, 4.69) is 10.6 Å². The number of nitrogens with zero attached hydrogens (tertiary/aromatic N) is 2. The van der Waals surface area contributed by atoms with Gasteiger partial charge in [0.15, 0.2) is 5.11 Å². The van der Waals surface area contributed by atoms with Gasteiger partial charge in [0.25, 0.3) is 11.4 Å². The number of hydrogen-bond acceptors (Lipinski definition) is 7. The Labute approximate surface area is 159 Å². The zero-order chi connectivity index (χ0) is 20.0. The first-order chi connectivity index (χ1) is 12.8. The van der Waals surface area contributed by atoms with Crippen LogP contribution in [0.4, 0.5) is 22.7 Å². The summed E-state index contributed by atoms with van der Waals surface area (Å²) in [5.74, 6) is 0.570. The van der Waals surface area contributed by atoms with Crippen molar-refractivity contribution in [3.8, 4) is 11.5 Å². The van der Waals surface area contributed by atoms with E-state index >= 15 is 0 Å².